The molecule has 7 heteroatoms. The van der Waals surface area contributed by atoms with Crippen molar-refractivity contribution >= 4 is 15.9 Å². The van der Waals surface area contributed by atoms with Gasteiger partial charge < -0.3 is 5.32 Å². The van der Waals surface area contributed by atoms with Crippen molar-refractivity contribution in [3.05, 3.63) is 65.2 Å². The lowest BCUT2D eigenvalue weighted by Crippen LogP contribution is -2.30. The minimum atomic E-state index is -3.75. The third-order valence-electron chi connectivity index (χ3n) is 5.17. The van der Waals surface area contributed by atoms with Gasteiger partial charge in [-0.1, -0.05) is 42.7 Å². The van der Waals surface area contributed by atoms with Gasteiger partial charge in [-0.25, -0.2) is 8.42 Å². The fraction of sp³-hybridized carbons (Fsp3) is 0.348. The summed E-state index contributed by atoms with van der Waals surface area (Å²) in [6.45, 7) is 3.37. The van der Waals surface area contributed by atoms with Crippen LogP contribution in [0, 0.1) is 12.3 Å². The molecule has 1 heterocycles. The molecule has 2 aromatic carbocycles. The highest BCUT2D eigenvalue weighted by Crippen LogP contribution is 2.17. The Kier molecular flexibility index (Phi) is 7.63. The molecule has 6 nitrogen and oxygen atoms in total. The number of benzene rings is 2. The molecule has 0 bridgehead atoms. The van der Waals surface area contributed by atoms with Gasteiger partial charge in [0.1, 0.15) is 0 Å². The van der Waals surface area contributed by atoms with Crippen LogP contribution < -0.4 is 10.0 Å². The quantitative estimate of drug-likeness (QED) is 0.637. The zero-order valence-corrected chi connectivity index (χ0v) is 17.7. The number of amides is 1. The van der Waals surface area contributed by atoms with E-state index in [0.717, 1.165) is 25.2 Å². The fourth-order valence-corrected chi connectivity index (χ4v) is 4.52. The topological polar surface area (TPSA) is 78.5 Å². The molecule has 30 heavy (non-hydrogen) atoms. The summed E-state index contributed by atoms with van der Waals surface area (Å²) in [5, 5.41) is 2.91. The standard InChI is InChI=1S/C23H27N3O3S/c1-2-13-25-30(28,29)22-12-8-11-19(16-22)23(27)24-17-20-9-4-5-10-21(20)18-26-14-6-3-7-15-26/h1,4-5,8-12,16,25H,3,6-7,13-15,17-18H2,(H,24,27). The first-order valence-electron chi connectivity index (χ1n) is 10.1. The van der Waals surface area contributed by atoms with Gasteiger partial charge >= 0.3 is 0 Å². The lowest BCUT2D eigenvalue weighted by atomic mass is 10.0. The van der Waals surface area contributed by atoms with Crippen LogP contribution in [-0.4, -0.2) is 38.9 Å². The highest BCUT2D eigenvalue weighted by molar-refractivity contribution is 7.89. The van der Waals surface area contributed by atoms with Gasteiger partial charge in [0.25, 0.3) is 5.91 Å². The largest absolute Gasteiger partial charge is 0.348 e. The van der Waals surface area contributed by atoms with E-state index in [1.165, 1.54) is 37.0 Å². The van der Waals surface area contributed by atoms with Crippen molar-refractivity contribution in [2.24, 2.45) is 0 Å². The van der Waals surface area contributed by atoms with Crippen LogP contribution >= 0.6 is 0 Å². The maximum atomic E-state index is 12.6. The molecular weight excluding hydrogens is 398 g/mol. The molecule has 2 N–H and O–H groups in total. The van der Waals surface area contributed by atoms with Crippen LogP contribution in [0.25, 0.3) is 0 Å². The molecule has 0 radical (unpaired) electrons. The van der Waals surface area contributed by atoms with Gasteiger partial charge in [0.2, 0.25) is 10.0 Å². The van der Waals surface area contributed by atoms with Crippen molar-refractivity contribution in [3.8, 4) is 12.3 Å². The number of nitrogens with zero attached hydrogens (tertiary/aromatic N) is 1. The van der Waals surface area contributed by atoms with Crippen molar-refractivity contribution in [2.45, 2.75) is 37.2 Å². The van der Waals surface area contributed by atoms with Crippen LogP contribution in [0.5, 0.6) is 0 Å². The van der Waals surface area contributed by atoms with E-state index in [1.54, 1.807) is 12.1 Å². The molecule has 1 amide bonds. The first kappa shape index (κ1) is 22.0. The third kappa shape index (κ3) is 5.92. The average Bonchev–Trinajstić information content (AvgIpc) is 2.78. The van der Waals surface area contributed by atoms with Crippen molar-refractivity contribution in [1.82, 2.24) is 14.9 Å². The average molecular weight is 426 g/mol. The zero-order valence-electron chi connectivity index (χ0n) is 16.9. The van der Waals surface area contributed by atoms with Crippen LogP contribution in [0.2, 0.25) is 0 Å². The van der Waals surface area contributed by atoms with Gasteiger partial charge in [-0.05, 0) is 55.3 Å². The Morgan fingerprint density at radius 1 is 1.03 bits per heavy atom. The van der Waals surface area contributed by atoms with E-state index in [2.05, 4.69) is 26.9 Å². The molecule has 0 aromatic heterocycles. The van der Waals surface area contributed by atoms with Crippen molar-refractivity contribution in [1.29, 1.82) is 0 Å². The van der Waals surface area contributed by atoms with Crippen molar-refractivity contribution in [2.75, 3.05) is 19.6 Å². The number of carbonyl (C=O) groups excluding carboxylic acids is 1. The Labute approximate surface area is 178 Å². The van der Waals surface area contributed by atoms with Crippen LogP contribution in [0.4, 0.5) is 0 Å². The van der Waals surface area contributed by atoms with E-state index in [4.69, 9.17) is 6.42 Å². The third-order valence-corrected chi connectivity index (χ3v) is 6.57. The number of terminal acetylenes is 1. The summed E-state index contributed by atoms with van der Waals surface area (Å²) in [6.07, 6.45) is 8.87. The van der Waals surface area contributed by atoms with Gasteiger partial charge in [-0.15, -0.1) is 6.42 Å². The Morgan fingerprint density at radius 3 is 2.50 bits per heavy atom. The van der Waals surface area contributed by atoms with Crippen molar-refractivity contribution in [3.63, 3.8) is 0 Å². The Hall–Kier alpha value is -2.66. The number of sulfonamides is 1. The smallest absolute Gasteiger partial charge is 0.251 e. The fourth-order valence-electron chi connectivity index (χ4n) is 3.54. The Morgan fingerprint density at radius 2 is 1.77 bits per heavy atom. The molecule has 1 aliphatic heterocycles. The molecule has 3 rings (SSSR count). The molecule has 0 saturated carbocycles. The van der Waals surface area contributed by atoms with Crippen LogP contribution in [-0.2, 0) is 23.1 Å². The SMILES string of the molecule is C#CCNS(=O)(=O)c1cccc(C(=O)NCc2ccccc2CN2CCCCC2)c1. The van der Waals surface area contributed by atoms with Gasteiger partial charge in [0, 0.05) is 18.7 Å². The van der Waals surface area contributed by atoms with E-state index in [-0.39, 0.29) is 22.9 Å². The van der Waals surface area contributed by atoms with Crippen molar-refractivity contribution < 1.29 is 13.2 Å². The Balaban J connectivity index is 1.66. The molecule has 158 valence electrons. The maximum Gasteiger partial charge on any atom is 0.251 e. The van der Waals surface area contributed by atoms with Gasteiger partial charge in [0.15, 0.2) is 0 Å². The lowest BCUT2D eigenvalue weighted by molar-refractivity contribution is 0.0950. The van der Waals surface area contributed by atoms with Crippen LogP contribution in [0.3, 0.4) is 0 Å². The number of hydrogen-bond donors (Lipinski definition) is 2. The normalized spacial score (nSPS) is 14.8. The first-order valence-corrected chi connectivity index (χ1v) is 11.6. The van der Waals surface area contributed by atoms with Gasteiger partial charge in [-0.3, -0.25) is 9.69 Å². The molecule has 1 fully saturated rings. The predicted octanol–water partition coefficient (Wildman–Crippen LogP) is 2.51. The van der Waals surface area contributed by atoms with E-state index in [9.17, 15) is 13.2 Å². The minimum Gasteiger partial charge on any atom is -0.348 e. The highest BCUT2D eigenvalue weighted by atomic mass is 32.2. The van der Waals surface area contributed by atoms with E-state index >= 15 is 0 Å². The summed E-state index contributed by atoms with van der Waals surface area (Å²) in [5.74, 6) is 1.91. The second kappa shape index (κ2) is 10.4. The molecule has 1 aliphatic rings. The molecular formula is C23H27N3O3S. The summed E-state index contributed by atoms with van der Waals surface area (Å²) < 4.78 is 26.8. The first-order chi connectivity index (χ1) is 14.5. The molecule has 0 spiro atoms. The summed E-state index contributed by atoms with van der Waals surface area (Å²) in [4.78, 5) is 15.1. The second-order valence-corrected chi connectivity index (χ2v) is 9.11. The summed E-state index contributed by atoms with van der Waals surface area (Å²) >= 11 is 0. The molecule has 2 aromatic rings. The van der Waals surface area contributed by atoms with Crippen LogP contribution in [0.15, 0.2) is 53.4 Å². The molecule has 1 saturated heterocycles. The van der Waals surface area contributed by atoms with Crippen LogP contribution in [0.1, 0.15) is 40.7 Å². The van der Waals surface area contributed by atoms with Gasteiger partial charge in [0.05, 0.1) is 11.4 Å². The Bertz CT molecular complexity index is 1020. The predicted molar refractivity (Wildman–Crippen MR) is 117 cm³/mol. The van der Waals surface area contributed by atoms with Gasteiger partial charge in [-0.2, -0.15) is 4.72 Å². The molecule has 0 unspecified atom stereocenters. The minimum absolute atomic E-state index is 0.0101. The maximum absolute atomic E-state index is 12.6. The zero-order chi connectivity index (χ0) is 21.4. The highest BCUT2D eigenvalue weighted by Gasteiger charge is 2.16. The lowest BCUT2D eigenvalue weighted by Gasteiger charge is -2.27. The summed E-state index contributed by atoms with van der Waals surface area (Å²) in [6, 6.07) is 14.0. The monoisotopic (exact) mass is 425 g/mol. The number of likely N-dealkylation sites (tertiary alicyclic amines) is 1. The number of piperidine rings is 1. The molecule has 0 aliphatic carbocycles. The summed E-state index contributed by atoms with van der Waals surface area (Å²) in [7, 11) is -3.75. The van der Waals surface area contributed by atoms with E-state index in [0.29, 0.717) is 6.54 Å². The number of hydrogen-bond acceptors (Lipinski definition) is 4. The second-order valence-electron chi connectivity index (χ2n) is 7.34. The number of carbonyl (C=O) groups is 1. The number of nitrogens with one attached hydrogen (secondary N) is 2. The number of rotatable bonds is 8. The summed E-state index contributed by atoms with van der Waals surface area (Å²) in [5.41, 5.74) is 2.55. The van der Waals surface area contributed by atoms with E-state index < -0.39 is 10.0 Å². The van der Waals surface area contributed by atoms with E-state index in [1.807, 2.05) is 18.2 Å². The molecule has 0 atom stereocenters.